The Hall–Kier alpha value is -3.57. The molecule has 188 valence electrons. The number of amides is 2. The van der Waals surface area contributed by atoms with Crippen molar-refractivity contribution in [2.75, 3.05) is 30.1 Å². The highest BCUT2D eigenvalue weighted by atomic mass is 32.2. The molecule has 11 heteroatoms. The van der Waals surface area contributed by atoms with Crippen molar-refractivity contribution in [2.24, 2.45) is 4.99 Å². The number of nitrogens with zero attached hydrogens (tertiary/aromatic N) is 3. The number of fused-ring (bicyclic) bond motifs is 2. The zero-order valence-corrected chi connectivity index (χ0v) is 21.3. The molecule has 0 radical (unpaired) electrons. The number of carbonyl (C=O) groups is 3. The van der Waals surface area contributed by atoms with Gasteiger partial charge in [0.25, 0.3) is 5.91 Å². The van der Waals surface area contributed by atoms with Crippen LogP contribution in [0.2, 0.25) is 0 Å². The van der Waals surface area contributed by atoms with Gasteiger partial charge in [-0.05, 0) is 42.7 Å². The normalized spacial score (nSPS) is 13.9. The second-order valence-corrected chi connectivity index (χ2v) is 11.3. The van der Waals surface area contributed by atoms with E-state index in [-0.39, 0.29) is 4.80 Å². The Kier molecular flexibility index (Phi) is 7.51. The van der Waals surface area contributed by atoms with E-state index in [0.29, 0.717) is 34.6 Å². The zero-order chi connectivity index (χ0) is 25.9. The number of allylic oxidation sites excluding steroid dienone is 1. The van der Waals surface area contributed by atoms with Crippen molar-refractivity contribution in [1.29, 1.82) is 0 Å². The number of aromatic nitrogens is 1. The van der Waals surface area contributed by atoms with Crippen molar-refractivity contribution >= 4 is 54.9 Å². The maximum Gasteiger partial charge on any atom is 0.337 e. The van der Waals surface area contributed by atoms with Gasteiger partial charge >= 0.3 is 5.97 Å². The van der Waals surface area contributed by atoms with E-state index in [1.165, 1.54) is 12.0 Å². The van der Waals surface area contributed by atoms with Gasteiger partial charge < -0.3 is 14.2 Å². The molecule has 4 rings (SSSR count). The molecule has 0 spiro atoms. The van der Waals surface area contributed by atoms with Gasteiger partial charge in [0.15, 0.2) is 14.6 Å². The smallest absolute Gasteiger partial charge is 0.337 e. The molecule has 2 heterocycles. The van der Waals surface area contributed by atoms with E-state index in [4.69, 9.17) is 4.74 Å². The van der Waals surface area contributed by atoms with Crippen LogP contribution >= 0.6 is 11.3 Å². The molecule has 3 aromatic rings. The van der Waals surface area contributed by atoms with E-state index in [1.54, 1.807) is 41.0 Å². The average molecular weight is 528 g/mol. The third-order valence-corrected chi connectivity index (χ3v) is 8.15. The molecule has 36 heavy (non-hydrogen) atoms. The number of rotatable bonds is 7. The molecule has 1 aliphatic rings. The summed E-state index contributed by atoms with van der Waals surface area (Å²) >= 11 is 1.14. The predicted molar refractivity (Wildman–Crippen MR) is 138 cm³/mol. The van der Waals surface area contributed by atoms with E-state index >= 15 is 0 Å². The Morgan fingerprint density at radius 1 is 1.17 bits per heavy atom. The standard InChI is InChI=1S/C25H25N3O6S2/c1-3-12-28-20-11-10-18(24(31)34-2)14-21(20)35-25(28)26-22(29)15-36(32,33)16-23(30)27-13-6-8-17-7-4-5-9-19(17)27/h3-5,7,9-11,14H,1,6,8,12-13,15-16H2,2H3. The molecule has 0 unspecified atom stereocenters. The first-order chi connectivity index (χ1) is 17.2. The molecule has 0 N–H and O–H groups in total. The van der Waals surface area contributed by atoms with Crippen LogP contribution in [0.1, 0.15) is 22.3 Å². The molecule has 0 saturated heterocycles. The number of para-hydroxylation sites is 1. The van der Waals surface area contributed by atoms with Crippen LogP contribution < -0.4 is 9.70 Å². The predicted octanol–water partition coefficient (Wildman–Crippen LogP) is 2.50. The van der Waals surface area contributed by atoms with Crippen molar-refractivity contribution < 1.29 is 27.5 Å². The van der Waals surface area contributed by atoms with E-state index in [2.05, 4.69) is 11.6 Å². The molecule has 0 aliphatic carbocycles. The molecule has 1 aliphatic heterocycles. The minimum absolute atomic E-state index is 0.267. The van der Waals surface area contributed by atoms with Crippen LogP contribution in [0.3, 0.4) is 0 Å². The Morgan fingerprint density at radius 2 is 1.94 bits per heavy atom. The summed E-state index contributed by atoms with van der Waals surface area (Å²) in [6, 6.07) is 12.3. The SMILES string of the molecule is C=CCn1c(=NC(=O)CS(=O)(=O)CC(=O)N2CCCc3ccccc32)sc2cc(C(=O)OC)ccc21. The third-order valence-electron chi connectivity index (χ3n) is 5.73. The maximum absolute atomic E-state index is 12.8. The molecule has 0 bridgehead atoms. The summed E-state index contributed by atoms with van der Waals surface area (Å²) in [6.07, 6.45) is 3.19. The van der Waals surface area contributed by atoms with Gasteiger partial charge in [-0.25, -0.2) is 13.2 Å². The van der Waals surface area contributed by atoms with E-state index < -0.39 is 39.1 Å². The van der Waals surface area contributed by atoms with Crippen LogP contribution in [-0.4, -0.2) is 55.9 Å². The fraction of sp³-hybridized carbons (Fsp3) is 0.280. The fourth-order valence-electron chi connectivity index (χ4n) is 4.15. The quantitative estimate of drug-likeness (QED) is 0.344. The summed E-state index contributed by atoms with van der Waals surface area (Å²) in [6.45, 7) is 4.47. The summed E-state index contributed by atoms with van der Waals surface area (Å²) in [7, 11) is -2.76. The number of sulfone groups is 1. The van der Waals surface area contributed by atoms with E-state index in [9.17, 15) is 22.8 Å². The minimum Gasteiger partial charge on any atom is -0.465 e. The number of benzene rings is 2. The number of hydrogen-bond acceptors (Lipinski definition) is 7. The van der Waals surface area contributed by atoms with Crippen LogP contribution in [0.4, 0.5) is 5.69 Å². The summed E-state index contributed by atoms with van der Waals surface area (Å²) in [5.74, 6) is -3.59. The van der Waals surface area contributed by atoms with Crippen LogP contribution in [0.15, 0.2) is 60.1 Å². The van der Waals surface area contributed by atoms with Gasteiger partial charge in [0.1, 0.15) is 11.5 Å². The maximum atomic E-state index is 12.8. The van der Waals surface area contributed by atoms with Gasteiger partial charge in [0.05, 0.1) is 22.9 Å². The van der Waals surface area contributed by atoms with Gasteiger partial charge in [-0.15, -0.1) is 6.58 Å². The highest BCUT2D eigenvalue weighted by Gasteiger charge is 2.28. The van der Waals surface area contributed by atoms with Gasteiger partial charge in [-0.2, -0.15) is 4.99 Å². The number of ether oxygens (including phenoxy) is 1. The van der Waals surface area contributed by atoms with E-state index in [1.807, 2.05) is 12.1 Å². The van der Waals surface area contributed by atoms with Crippen LogP contribution in [0.5, 0.6) is 0 Å². The van der Waals surface area contributed by atoms with Crippen molar-refractivity contribution in [3.05, 3.63) is 71.0 Å². The summed E-state index contributed by atoms with van der Waals surface area (Å²) in [5.41, 5.74) is 2.76. The lowest BCUT2D eigenvalue weighted by atomic mass is 10.0. The zero-order valence-electron chi connectivity index (χ0n) is 19.7. The number of anilines is 1. The Morgan fingerprint density at radius 3 is 2.69 bits per heavy atom. The number of esters is 1. The van der Waals surface area contributed by atoms with Crippen LogP contribution in [0.25, 0.3) is 10.2 Å². The highest BCUT2D eigenvalue weighted by Crippen LogP contribution is 2.27. The summed E-state index contributed by atoms with van der Waals surface area (Å²) < 4.78 is 32.6. The molecule has 1 aromatic heterocycles. The molecule has 2 aromatic carbocycles. The van der Waals surface area contributed by atoms with Crippen molar-refractivity contribution in [2.45, 2.75) is 19.4 Å². The average Bonchev–Trinajstić information content (AvgIpc) is 3.18. The van der Waals surface area contributed by atoms with Crippen LogP contribution in [0, 0.1) is 0 Å². The largest absolute Gasteiger partial charge is 0.465 e. The second-order valence-electron chi connectivity index (χ2n) is 8.27. The second kappa shape index (κ2) is 10.6. The molecule has 0 saturated carbocycles. The molecular weight excluding hydrogens is 502 g/mol. The summed E-state index contributed by atoms with van der Waals surface area (Å²) in [4.78, 5) is 43.1. The number of thiazole rings is 1. The number of methoxy groups -OCH3 is 1. The molecule has 2 amide bonds. The van der Waals surface area contributed by atoms with Gasteiger partial charge in [0.2, 0.25) is 5.91 Å². The highest BCUT2D eigenvalue weighted by molar-refractivity contribution is 7.92. The van der Waals surface area contributed by atoms with Gasteiger partial charge in [0, 0.05) is 18.8 Å². The lowest BCUT2D eigenvalue weighted by Gasteiger charge is -2.29. The van der Waals surface area contributed by atoms with Crippen LogP contribution in [-0.2, 0) is 37.1 Å². The Labute approximate surface area is 212 Å². The first-order valence-electron chi connectivity index (χ1n) is 11.2. The van der Waals surface area contributed by atoms with Gasteiger partial charge in [-0.1, -0.05) is 35.6 Å². The molecule has 9 nitrogen and oxygen atoms in total. The monoisotopic (exact) mass is 527 g/mol. The molecular formula is C25H25N3O6S2. The Bertz CT molecular complexity index is 1530. The minimum atomic E-state index is -4.05. The lowest BCUT2D eigenvalue weighted by molar-refractivity contribution is -0.116. The van der Waals surface area contributed by atoms with Crippen molar-refractivity contribution in [3.63, 3.8) is 0 Å². The topological polar surface area (TPSA) is 115 Å². The number of aryl methyl sites for hydroxylation is 1. The first-order valence-corrected chi connectivity index (χ1v) is 13.8. The molecule has 0 fully saturated rings. The number of carbonyl (C=O) groups excluding carboxylic acids is 3. The first kappa shape index (κ1) is 25.5. The van der Waals surface area contributed by atoms with E-state index in [0.717, 1.165) is 29.7 Å². The molecule has 0 atom stereocenters. The summed E-state index contributed by atoms with van der Waals surface area (Å²) in [5, 5.41) is 0. The van der Waals surface area contributed by atoms with Crippen molar-refractivity contribution in [1.82, 2.24) is 4.57 Å². The Balaban J connectivity index is 1.56. The van der Waals surface area contributed by atoms with Crippen molar-refractivity contribution in [3.8, 4) is 0 Å². The van der Waals surface area contributed by atoms with Gasteiger partial charge in [-0.3, -0.25) is 9.59 Å². The number of hydrogen-bond donors (Lipinski definition) is 0. The lowest BCUT2D eigenvalue weighted by Crippen LogP contribution is -2.40. The fourth-order valence-corrected chi connectivity index (χ4v) is 6.32. The third kappa shape index (κ3) is 5.47.